The Balaban J connectivity index is 1.60. The Morgan fingerprint density at radius 3 is 2.50 bits per heavy atom. The van der Waals surface area contributed by atoms with Crippen LogP contribution in [-0.2, 0) is 11.3 Å². The number of hydrogen-bond acceptors (Lipinski definition) is 4. The minimum atomic E-state index is -0.201. The normalized spacial score (nSPS) is 13.1. The summed E-state index contributed by atoms with van der Waals surface area (Å²) in [6.45, 7) is 2.61. The molecule has 0 saturated carbocycles. The van der Waals surface area contributed by atoms with Crippen molar-refractivity contribution in [1.29, 1.82) is 0 Å². The van der Waals surface area contributed by atoms with Gasteiger partial charge >= 0.3 is 6.03 Å². The number of urea groups is 1. The van der Waals surface area contributed by atoms with Gasteiger partial charge in [-0.3, -0.25) is 4.79 Å². The average Bonchev–Trinajstić information content (AvgIpc) is 3.27. The summed E-state index contributed by atoms with van der Waals surface area (Å²) in [4.78, 5) is 29.9. The van der Waals surface area contributed by atoms with Crippen molar-refractivity contribution in [3.63, 3.8) is 0 Å². The van der Waals surface area contributed by atoms with Crippen LogP contribution in [0.1, 0.15) is 18.4 Å². The van der Waals surface area contributed by atoms with Gasteiger partial charge in [0.15, 0.2) is 6.61 Å². The first-order chi connectivity index (χ1) is 14.4. The Labute approximate surface area is 178 Å². The van der Waals surface area contributed by atoms with Crippen LogP contribution in [0.5, 0.6) is 5.75 Å². The number of carbonyl (C=O) groups excluding carboxylic acids is 2. The van der Waals surface area contributed by atoms with E-state index in [-0.39, 0.29) is 18.5 Å². The minimum absolute atomic E-state index is 0.0441. The average molecular weight is 411 g/mol. The molecule has 0 bridgehead atoms. The number of anilines is 2. The largest absolute Gasteiger partial charge is 0.484 e. The van der Waals surface area contributed by atoms with Gasteiger partial charge in [0.2, 0.25) is 0 Å². The standard InChI is InChI=1S/C23H30N4O3/c1-25(2)22(28)17-30-20-11-8-10-19(15-20)24-23(29)26(3)16-18-9-4-5-12-21(18)27-13-6-7-14-27/h4-5,8-12,15H,6-7,13-14,16-17H2,1-3H3,(H,24,29). The van der Waals surface area contributed by atoms with E-state index in [1.54, 1.807) is 50.3 Å². The highest BCUT2D eigenvalue weighted by molar-refractivity contribution is 5.89. The number of amides is 3. The van der Waals surface area contributed by atoms with Crippen molar-refractivity contribution in [3.8, 4) is 5.75 Å². The molecule has 1 aliphatic rings. The van der Waals surface area contributed by atoms with E-state index in [4.69, 9.17) is 4.74 Å². The molecular weight excluding hydrogens is 380 g/mol. The molecule has 0 aromatic heterocycles. The SMILES string of the molecule is CN(C)C(=O)COc1cccc(NC(=O)N(C)Cc2ccccc2N2CCCC2)c1. The molecule has 160 valence electrons. The Hall–Kier alpha value is -3.22. The topological polar surface area (TPSA) is 65.1 Å². The quantitative estimate of drug-likeness (QED) is 0.760. The van der Waals surface area contributed by atoms with Crippen molar-refractivity contribution in [2.75, 3.05) is 51.1 Å². The molecule has 0 aliphatic carbocycles. The molecule has 2 aromatic rings. The molecule has 7 nitrogen and oxygen atoms in total. The maximum absolute atomic E-state index is 12.7. The van der Waals surface area contributed by atoms with E-state index < -0.39 is 0 Å². The van der Waals surface area contributed by atoms with Gasteiger partial charge < -0.3 is 24.8 Å². The molecule has 1 heterocycles. The molecule has 1 saturated heterocycles. The van der Waals surface area contributed by atoms with Crippen molar-refractivity contribution in [2.24, 2.45) is 0 Å². The third kappa shape index (κ3) is 5.65. The van der Waals surface area contributed by atoms with Crippen LogP contribution >= 0.6 is 0 Å². The molecule has 0 atom stereocenters. The van der Waals surface area contributed by atoms with Crippen molar-refractivity contribution in [3.05, 3.63) is 54.1 Å². The Bertz CT molecular complexity index is 878. The van der Waals surface area contributed by atoms with Crippen LogP contribution in [0.4, 0.5) is 16.2 Å². The van der Waals surface area contributed by atoms with Crippen LogP contribution in [0, 0.1) is 0 Å². The fourth-order valence-electron chi connectivity index (χ4n) is 3.40. The monoisotopic (exact) mass is 410 g/mol. The Morgan fingerprint density at radius 1 is 1.03 bits per heavy atom. The van der Waals surface area contributed by atoms with E-state index in [0.29, 0.717) is 18.0 Å². The van der Waals surface area contributed by atoms with Gasteiger partial charge in [0.05, 0.1) is 0 Å². The van der Waals surface area contributed by atoms with Crippen LogP contribution in [0.2, 0.25) is 0 Å². The number of carbonyl (C=O) groups is 2. The molecule has 2 aromatic carbocycles. The van der Waals surface area contributed by atoms with E-state index in [1.165, 1.54) is 23.4 Å². The second-order valence-electron chi connectivity index (χ2n) is 7.71. The molecule has 0 spiro atoms. The van der Waals surface area contributed by atoms with Crippen LogP contribution in [0.15, 0.2) is 48.5 Å². The first-order valence-electron chi connectivity index (χ1n) is 10.2. The van der Waals surface area contributed by atoms with E-state index in [2.05, 4.69) is 22.3 Å². The zero-order valence-electron chi connectivity index (χ0n) is 17.9. The molecule has 1 N–H and O–H groups in total. The van der Waals surface area contributed by atoms with E-state index >= 15 is 0 Å². The molecule has 3 amide bonds. The van der Waals surface area contributed by atoms with Gasteiger partial charge in [-0.2, -0.15) is 0 Å². The summed E-state index contributed by atoms with van der Waals surface area (Å²) in [5, 5.41) is 2.90. The Morgan fingerprint density at radius 2 is 1.77 bits per heavy atom. The second-order valence-corrected chi connectivity index (χ2v) is 7.71. The molecule has 0 radical (unpaired) electrons. The summed E-state index contributed by atoms with van der Waals surface area (Å²) in [5.74, 6) is 0.408. The smallest absolute Gasteiger partial charge is 0.321 e. The first-order valence-corrected chi connectivity index (χ1v) is 10.2. The fraction of sp³-hybridized carbons (Fsp3) is 0.391. The van der Waals surface area contributed by atoms with Crippen LogP contribution in [0.3, 0.4) is 0 Å². The molecule has 1 fully saturated rings. The maximum Gasteiger partial charge on any atom is 0.321 e. The lowest BCUT2D eigenvalue weighted by Gasteiger charge is -2.24. The maximum atomic E-state index is 12.7. The predicted octanol–water partition coefficient (Wildman–Crippen LogP) is 3.42. The third-order valence-electron chi connectivity index (χ3n) is 5.14. The molecule has 0 unspecified atom stereocenters. The van der Waals surface area contributed by atoms with Crippen molar-refractivity contribution in [1.82, 2.24) is 9.80 Å². The highest BCUT2D eigenvalue weighted by Crippen LogP contribution is 2.25. The van der Waals surface area contributed by atoms with Gasteiger partial charge in [-0.1, -0.05) is 24.3 Å². The van der Waals surface area contributed by atoms with Gasteiger partial charge in [0.1, 0.15) is 5.75 Å². The number of nitrogens with zero attached hydrogens (tertiary/aromatic N) is 3. The third-order valence-corrected chi connectivity index (χ3v) is 5.14. The summed E-state index contributed by atoms with van der Waals surface area (Å²) in [6.07, 6.45) is 2.42. The number of hydrogen-bond donors (Lipinski definition) is 1. The molecule has 30 heavy (non-hydrogen) atoms. The zero-order valence-corrected chi connectivity index (χ0v) is 17.9. The highest BCUT2D eigenvalue weighted by atomic mass is 16.5. The summed E-state index contributed by atoms with van der Waals surface area (Å²) in [6, 6.07) is 15.1. The van der Waals surface area contributed by atoms with Gasteiger partial charge in [-0.15, -0.1) is 0 Å². The zero-order chi connectivity index (χ0) is 21.5. The van der Waals surface area contributed by atoms with Crippen molar-refractivity contribution < 1.29 is 14.3 Å². The Kier molecular flexibility index (Phi) is 7.17. The van der Waals surface area contributed by atoms with Gasteiger partial charge in [0.25, 0.3) is 5.91 Å². The van der Waals surface area contributed by atoms with E-state index in [1.807, 2.05) is 12.1 Å². The number of nitrogens with one attached hydrogen (secondary N) is 1. The summed E-state index contributed by atoms with van der Waals surface area (Å²) in [5.41, 5.74) is 2.96. The number of rotatable bonds is 7. The summed E-state index contributed by atoms with van der Waals surface area (Å²) in [7, 11) is 5.15. The lowest BCUT2D eigenvalue weighted by molar-refractivity contribution is -0.130. The molecule has 1 aliphatic heterocycles. The lowest BCUT2D eigenvalue weighted by atomic mass is 10.1. The fourth-order valence-corrected chi connectivity index (χ4v) is 3.40. The summed E-state index contributed by atoms with van der Waals surface area (Å²) < 4.78 is 5.52. The van der Waals surface area contributed by atoms with Crippen LogP contribution in [0.25, 0.3) is 0 Å². The van der Waals surface area contributed by atoms with E-state index in [9.17, 15) is 9.59 Å². The predicted molar refractivity (Wildman–Crippen MR) is 119 cm³/mol. The van der Waals surface area contributed by atoms with Crippen LogP contribution < -0.4 is 15.0 Å². The van der Waals surface area contributed by atoms with Gasteiger partial charge in [0, 0.05) is 58.2 Å². The number of likely N-dealkylation sites (N-methyl/N-ethyl adjacent to an activating group) is 1. The van der Waals surface area contributed by atoms with Crippen LogP contribution in [-0.4, -0.2) is 62.6 Å². The second kappa shape index (κ2) is 10.0. The first kappa shape index (κ1) is 21.5. The minimum Gasteiger partial charge on any atom is -0.484 e. The number of para-hydroxylation sites is 1. The van der Waals surface area contributed by atoms with Crippen molar-refractivity contribution in [2.45, 2.75) is 19.4 Å². The lowest BCUT2D eigenvalue weighted by Crippen LogP contribution is -2.31. The molecule has 3 rings (SSSR count). The van der Waals surface area contributed by atoms with Crippen molar-refractivity contribution >= 4 is 23.3 Å². The number of ether oxygens (including phenoxy) is 1. The van der Waals surface area contributed by atoms with E-state index in [0.717, 1.165) is 18.7 Å². The molecular formula is C23H30N4O3. The number of benzene rings is 2. The highest BCUT2D eigenvalue weighted by Gasteiger charge is 2.18. The van der Waals surface area contributed by atoms with Gasteiger partial charge in [-0.05, 0) is 36.6 Å². The van der Waals surface area contributed by atoms with Gasteiger partial charge in [-0.25, -0.2) is 4.79 Å². The summed E-state index contributed by atoms with van der Waals surface area (Å²) >= 11 is 0. The molecule has 7 heteroatoms.